The van der Waals surface area contributed by atoms with Gasteiger partial charge in [-0.1, -0.05) is 6.07 Å². The number of pyridine rings is 1. The van der Waals surface area contributed by atoms with Crippen LogP contribution >= 0.6 is 11.8 Å². The number of rotatable bonds is 4. The minimum Gasteiger partial charge on any atom is -0.326 e. The maximum Gasteiger partial charge on any atom is 0.227 e. The molecule has 0 spiro atoms. The third kappa shape index (κ3) is 4.47. The fourth-order valence-electron chi connectivity index (χ4n) is 3.07. The van der Waals surface area contributed by atoms with E-state index in [0.717, 1.165) is 27.7 Å². The number of nitrogens with zero attached hydrogens (tertiary/aromatic N) is 2. The molecule has 2 heterocycles. The summed E-state index contributed by atoms with van der Waals surface area (Å²) in [7, 11) is 0. The zero-order valence-corrected chi connectivity index (χ0v) is 16.5. The topological polar surface area (TPSA) is 62.3 Å². The Hall–Kier alpha value is -2.41. The fourth-order valence-corrected chi connectivity index (χ4v) is 4.15. The number of carbonyl (C=O) groups is 2. The number of thioether (sulfide) groups is 1. The van der Waals surface area contributed by atoms with Crippen LogP contribution in [0.2, 0.25) is 0 Å². The molecule has 1 aromatic carbocycles. The molecule has 0 radical (unpaired) electrons. The van der Waals surface area contributed by atoms with Gasteiger partial charge in [-0.25, -0.2) is 9.37 Å². The lowest BCUT2D eigenvalue weighted by Crippen LogP contribution is -2.36. The van der Waals surface area contributed by atoms with Crippen molar-refractivity contribution in [3.8, 4) is 0 Å². The Balaban J connectivity index is 1.63. The fraction of sp³-hybridized carbons (Fsp3) is 0.350. The predicted molar refractivity (Wildman–Crippen MR) is 106 cm³/mol. The molecule has 0 saturated heterocycles. The summed E-state index contributed by atoms with van der Waals surface area (Å²) >= 11 is 1.65. The highest BCUT2D eigenvalue weighted by Crippen LogP contribution is 2.36. The van der Waals surface area contributed by atoms with Crippen molar-refractivity contribution in [2.24, 2.45) is 0 Å². The second kappa shape index (κ2) is 8.08. The molecule has 3 rings (SSSR count). The first kappa shape index (κ1) is 19.4. The molecule has 0 bridgehead atoms. The van der Waals surface area contributed by atoms with Crippen LogP contribution in [0.15, 0.2) is 29.3 Å². The highest BCUT2D eigenvalue weighted by Gasteiger charge is 2.26. The Labute approximate surface area is 162 Å². The van der Waals surface area contributed by atoms with Crippen molar-refractivity contribution in [1.29, 1.82) is 0 Å². The number of aromatic nitrogens is 1. The van der Waals surface area contributed by atoms with E-state index >= 15 is 0 Å². The van der Waals surface area contributed by atoms with Gasteiger partial charge in [0.25, 0.3) is 0 Å². The predicted octanol–water partition coefficient (Wildman–Crippen LogP) is 4.00. The van der Waals surface area contributed by atoms with Crippen molar-refractivity contribution >= 4 is 35.0 Å². The van der Waals surface area contributed by atoms with Gasteiger partial charge in [0, 0.05) is 36.5 Å². The number of hydrogen-bond acceptors (Lipinski definition) is 4. The summed E-state index contributed by atoms with van der Waals surface area (Å²) in [6.45, 7) is 6.17. The van der Waals surface area contributed by atoms with Crippen LogP contribution in [0.5, 0.6) is 0 Å². The first-order valence-electron chi connectivity index (χ1n) is 8.82. The van der Waals surface area contributed by atoms with Crippen LogP contribution in [-0.2, 0) is 9.59 Å². The maximum absolute atomic E-state index is 13.6. The molecule has 1 aromatic heterocycles. The summed E-state index contributed by atoms with van der Waals surface area (Å²) in [4.78, 5) is 31.1. The molecular weight excluding hydrogens is 365 g/mol. The number of nitrogens with one attached hydrogen (secondary N) is 1. The first-order chi connectivity index (χ1) is 12.8. The second-order valence-electron chi connectivity index (χ2n) is 6.64. The summed E-state index contributed by atoms with van der Waals surface area (Å²) in [5, 5.41) is 3.51. The molecule has 0 saturated carbocycles. The second-order valence-corrected chi connectivity index (χ2v) is 7.72. The normalized spacial score (nSPS) is 13.3. The van der Waals surface area contributed by atoms with Gasteiger partial charge in [-0.05, 0) is 50.1 Å². The molecule has 0 aliphatic carbocycles. The molecular formula is C20H22FN3O2S. The zero-order chi connectivity index (χ0) is 19.6. The molecule has 0 atom stereocenters. The third-order valence-corrected chi connectivity index (χ3v) is 5.37. The smallest absolute Gasteiger partial charge is 0.227 e. The van der Waals surface area contributed by atoms with Gasteiger partial charge in [0.1, 0.15) is 10.8 Å². The van der Waals surface area contributed by atoms with Gasteiger partial charge in [-0.15, -0.1) is 11.8 Å². The lowest BCUT2D eigenvalue weighted by Gasteiger charge is -2.30. The summed E-state index contributed by atoms with van der Waals surface area (Å²) < 4.78 is 13.6. The van der Waals surface area contributed by atoms with E-state index in [-0.39, 0.29) is 30.5 Å². The van der Waals surface area contributed by atoms with Crippen LogP contribution in [0, 0.1) is 26.6 Å². The van der Waals surface area contributed by atoms with E-state index in [9.17, 15) is 14.0 Å². The average molecular weight is 387 g/mol. The minimum atomic E-state index is -0.371. The van der Waals surface area contributed by atoms with Crippen molar-refractivity contribution in [2.75, 3.05) is 22.5 Å². The Morgan fingerprint density at radius 2 is 1.96 bits per heavy atom. The number of anilines is 2. The van der Waals surface area contributed by atoms with E-state index in [0.29, 0.717) is 17.8 Å². The number of amides is 2. The number of aryl methyl sites for hydroxylation is 3. The maximum atomic E-state index is 13.6. The van der Waals surface area contributed by atoms with Crippen LogP contribution in [0.25, 0.3) is 0 Å². The van der Waals surface area contributed by atoms with Crippen LogP contribution in [0.1, 0.15) is 29.7 Å². The van der Waals surface area contributed by atoms with E-state index in [2.05, 4.69) is 10.3 Å². The van der Waals surface area contributed by atoms with Gasteiger partial charge in [-0.3, -0.25) is 9.59 Å². The van der Waals surface area contributed by atoms with Crippen molar-refractivity contribution in [2.45, 2.75) is 38.6 Å². The summed E-state index contributed by atoms with van der Waals surface area (Å²) in [6, 6.07) is 6.50. The average Bonchev–Trinajstić information content (AvgIpc) is 2.62. The van der Waals surface area contributed by atoms with E-state index in [1.54, 1.807) is 35.7 Å². The van der Waals surface area contributed by atoms with Crippen molar-refractivity contribution in [3.63, 3.8) is 0 Å². The summed E-state index contributed by atoms with van der Waals surface area (Å²) in [5.74, 6) is 0.000735. The van der Waals surface area contributed by atoms with Crippen molar-refractivity contribution in [3.05, 3.63) is 46.9 Å². The van der Waals surface area contributed by atoms with Crippen LogP contribution in [-0.4, -0.2) is 29.1 Å². The van der Waals surface area contributed by atoms with Gasteiger partial charge >= 0.3 is 0 Å². The van der Waals surface area contributed by atoms with E-state index < -0.39 is 0 Å². The zero-order valence-electron chi connectivity index (χ0n) is 15.6. The van der Waals surface area contributed by atoms with E-state index in [1.165, 1.54) is 6.07 Å². The third-order valence-electron chi connectivity index (χ3n) is 4.43. The van der Waals surface area contributed by atoms with Gasteiger partial charge in [0.2, 0.25) is 11.8 Å². The Bertz CT molecular complexity index is 901. The molecule has 2 amide bonds. The van der Waals surface area contributed by atoms with Gasteiger partial charge in [0.15, 0.2) is 0 Å². The van der Waals surface area contributed by atoms with Crippen LogP contribution < -0.4 is 10.2 Å². The van der Waals surface area contributed by atoms with Crippen LogP contribution in [0.3, 0.4) is 0 Å². The van der Waals surface area contributed by atoms with E-state index in [4.69, 9.17) is 0 Å². The molecule has 0 unspecified atom stereocenters. The molecule has 27 heavy (non-hydrogen) atoms. The number of carbonyl (C=O) groups excluding carboxylic acids is 2. The molecule has 0 fully saturated rings. The number of benzene rings is 1. The van der Waals surface area contributed by atoms with Crippen LogP contribution in [0.4, 0.5) is 15.8 Å². The quantitative estimate of drug-likeness (QED) is 0.861. The molecule has 1 aliphatic rings. The SMILES string of the molecule is Cc1cc(C)c2c(n1)SCCN2C(=O)CCC(=O)Nc1ccc(C)c(F)c1. The summed E-state index contributed by atoms with van der Waals surface area (Å²) in [6.07, 6.45) is 0.142. The summed E-state index contributed by atoms with van der Waals surface area (Å²) in [5.41, 5.74) is 3.70. The Kier molecular flexibility index (Phi) is 5.79. The van der Waals surface area contributed by atoms with Crippen molar-refractivity contribution < 1.29 is 14.0 Å². The van der Waals surface area contributed by atoms with Gasteiger partial charge < -0.3 is 10.2 Å². The Morgan fingerprint density at radius 3 is 2.70 bits per heavy atom. The van der Waals surface area contributed by atoms with Crippen molar-refractivity contribution in [1.82, 2.24) is 4.98 Å². The molecule has 1 aliphatic heterocycles. The molecule has 5 nitrogen and oxygen atoms in total. The molecule has 7 heteroatoms. The minimum absolute atomic E-state index is 0.0473. The lowest BCUT2D eigenvalue weighted by atomic mass is 10.1. The highest BCUT2D eigenvalue weighted by atomic mass is 32.2. The standard InChI is InChI=1S/C20H22FN3O2S/c1-12-4-5-15(11-16(12)21)23-17(25)6-7-18(26)24-8-9-27-20-19(24)13(2)10-14(3)22-20/h4-5,10-11H,6-9H2,1-3H3,(H,23,25). The van der Waals surface area contributed by atoms with E-state index in [1.807, 2.05) is 19.9 Å². The number of fused-ring (bicyclic) bond motifs is 1. The highest BCUT2D eigenvalue weighted by molar-refractivity contribution is 7.99. The largest absolute Gasteiger partial charge is 0.326 e. The number of hydrogen-bond donors (Lipinski definition) is 1. The number of halogens is 1. The Morgan fingerprint density at radius 1 is 1.19 bits per heavy atom. The first-order valence-corrected chi connectivity index (χ1v) is 9.81. The molecule has 1 N–H and O–H groups in total. The molecule has 142 valence electrons. The van der Waals surface area contributed by atoms with Gasteiger partial charge in [-0.2, -0.15) is 0 Å². The lowest BCUT2D eigenvalue weighted by molar-refractivity contribution is -0.122. The van der Waals surface area contributed by atoms with Gasteiger partial charge in [0.05, 0.1) is 5.69 Å². The monoisotopic (exact) mass is 387 g/mol. The molecule has 2 aromatic rings.